The number of rotatable bonds is 2. The second-order valence-corrected chi connectivity index (χ2v) is 3.19. The highest BCUT2D eigenvalue weighted by Gasteiger charge is 2.10. The molecule has 0 amide bonds. The Morgan fingerprint density at radius 1 is 1.70 bits per heavy atom. The lowest BCUT2D eigenvalue weighted by Gasteiger charge is -1.98. The first-order valence-corrected chi connectivity index (χ1v) is 4.12. The quantitative estimate of drug-likeness (QED) is 0.178. The van der Waals surface area contributed by atoms with Crippen molar-refractivity contribution in [2.24, 2.45) is 4.99 Å². The zero-order valence-corrected chi connectivity index (χ0v) is 6.15. The molecule has 0 rings (SSSR count). The van der Waals surface area contributed by atoms with Gasteiger partial charge in [0.05, 0.1) is 0 Å². The third-order valence-electron chi connectivity index (χ3n) is 0.610. The molecule has 7 heteroatoms. The maximum Gasteiger partial charge on any atom is 0.346 e. The normalized spacial score (nSPS) is 13.4. The molecule has 0 radical (unpaired) electrons. The van der Waals surface area contributed by atoms with E-state index in [0.29, 0.717) is 0 Å². The lowest BCUT2D eigenvalue weighted by molar-refractivity contribution is -0.155. The number of hydrogen-bond donors (Lipinski definition) is 3. The third kappa shape index (κ3) is 5.71. The van der Waals surface area contributed by atoms with Gasteiger partial charge in [0.25, 0.3) is 0 Å². The summed E-state index contributed by atoms with van der Waals surface area (Å²) in [6, 6.07) is 0. The van der Waals surface area contributed by atoms with Crippen LogP contribution >= 0.6 is 7.60 Å². The summed E-state index contributed by atoms with van der Waals surface area (Å²) in [6.07, 6.45) is -0.667. The molecule has 0 fully saturated rings. The highest BCUT2D eigenvalue weighted by molar-refractivity contribution is 7.51. The standard InChI is InChI=1S/C3H8NO5P/c1-3(9-5)4-2-10(6,7)8/h5H,2H2,1H3,(H2,6,7,8). The lowest BCUT2D eigenvalue weighted by atomic mass is 10.8. The van der Waals surface area contributed by atoms with Crippen molar-refractivity contribution >= 4 is 13.5 Å². The summed E-state index contributed by atoms with van der Waals surface area (Å²) in [5, 5.41) is 7.85. The summed E-state index contributed by atoms with van der Waals surface area (Å²) in [7, 11) is -4.11. The van der Waals surface area contributed by atoms with Crippen LogP contribution in [-0.2, 0) is 9.45 Å². The van der Waals surface area contributed by atoms with E-state index >= 15 is 0 Å². The molecular weight excluding hydrogens is 161 g/mol. The molecule has 0 atom stereocenters. The molecule has 0 heterocycles. The van der Waals surface area contributed by atoms with Crippen LogP contribution in [0.2, 0.25) is 0 Å². The van der Waals surface area contributed by atoms with Crippen LogP contribution in [0.3, 0.4) is 0 Å². The molecule has 0 aromatic heterocycles. The number of hydrogen-bond acceptors (Lipinski definition) is 4. The first-order chi connectivity index (χ1) is 4.45. The summed E-state index contributed by atoms with van der Waals surface area (Å²) in [6.45, 7) is 1.27. The van der Waals surface area contributed by atoms with Crippen LogP contribution in [-0.4, -0.2) is 27.2 Å². The molecule has 10 heavy (non-hydrogen) atoms. The Kier molecular flexibility index (Phi) is 3.52. The molecule has 60 valence electrons. The van der Waals surface area contributed by atoms with Crippen molar-refractivity contribution in [2.75, 3.05) is 6.29 Å². The highest BCUT2D eigenvalue weighted by atomic mass is 31.2. The fourth-order valence-electron chi connectivity index (χ4n) is 0.221. The molecule has 0 aliphatic heterocycles. The molecule has 0 saturated heterocycles. The van der Waals surface area contributed by atoms with Gasteiger partial charge in [-0.3, -0.25) is 4.57 Å². The van der Waals surface area contributed by atoms with Gasteiger partial charge < -0.3 is 14.7 Å². The predicted octanol–water partition coefficient (Wildman–Crippen LogP) is 0.0296. The smallest absolute Gasteiger partial charge is 0.325 e. The van der Waals surface area contributed by atoms with Crippen molar-refractivity contribution in [1.82, 2.24) is 0 Å². The lowest BCUT2D eigenvalue weighted by Crippen LogP contribution is -1.96. The van der Waals surface area contributed by atoms with Crippen molar-refractivity contribution in [3.05, 3.63) is 0 Å². The fraction of sp³-hybridized carbons (Fsp3) is 0.667. The van der Waals surface area contributed by atoms with Crippen LogP contribution in [0.1, 0.15) is 6.92 Å². The van der Waals surface area contributed by atoms with Crippen LogP contribution in [0.4, 0.5) is 0 Å². The van der Waals surface area contributed by atoms with Crippen LogP contribution in [0, 0.1) is 0 Å². The monoisotopic (exact) mass is 169 g/mol. The highest BCUT2D eigenvalue weighted by Crippen LogP contribution is 2.33. The van der Waals surface area contributed by atoms with Gasteiger partial charge in [-0.25, -0.2) is 10.2 Å². The summed E-state index contributed by atoms with van der Waals surface area (Å²) in [5.41, 5.74) is 0. The second-order valence-electron chi connectivity index (χ2n) is 1.57. The Balaban J connectivity index is 3.85. The molecule has 0 aromatic rings. The molecule has 0 spiro atoms. The minimum absolute atomic E-state index is 0.177. The van der Waals surface area contributed by atoms with E-state index in [-0.39, 0.29) is 5.90 Å². The molecule has 0 aliphatic carbocycles. The molecule has 3 N–H and O–H groups in total. The van der Waals surface area contributed by atoms with E-state index in [1.54, 1.807) is 0 Å². The Morgan fingerprint density at radius 3 is 2.50 bits per heavy atom. The van der Waals surface area contributed by atoms with Gasteiger partial charge in [0.2, 0.25) is 5.90 Å². The van der Waals surface area contributed by atoms with Crippen LogP contribution in [0.5, 0.6) is 0 Å². The first kappa shape index (κ1) is 9.58. The molecular formula is C3H8NO5P. The van der Waals surface area contributed by atoms with Crippen LogP contribution < -0.4 is 0 Å². The maximum atomic E-state index is 10.1. The van der Waals surface area contributed by atoms with Crippen molar-refractivity contribution in [3.8, 4) is 0 Å². The van der Waals surface area contributed by atoms with E-state index in [9.17, 15) is 4.57 Å². The van der Waals surface area contributed by atoms with Gasteiger partial charge in [-0.2, -0.15) is 0 Å². The minimum atomic E-state index is -4.11. The molecule has 0 saturated carbocycles. The van der Waals surface area contributed by atoms with E-state index in [0.717, 1.165) is 0 Å². The fourth-order valence-corrected chi connectivity index (χ4v) is 0.604. The first-order valence-electron chi connectivity index (χ1n) is 2.33. The topological polar surface area (TPSA) is 99.4 Å². The Hall–Kier alpha value is -0.420. The Morgan fingerprint density at radius 2 is 2.20 bits per heavy atom. The number of nitrogens with zero attached hydrogens (tertiary/aromatic N) is 1. The summed E-state index contributed by atoms with van der Waals surface area (Å²) in [4.78, 5) is 23.2. The molecule has 0 aliphatic rings. The zero-order valence-electron chi connectivity index (χ0n) is 5.26. The van der Waals surface area contributed by atoms with E-state index in [1.165, 1.54) is 6.92 Å². The van der Waals surface area contributed by atoms with E-state index in [4.69, 9.17) is 15.0 Å². The zero-order chi connectivity index (χ0) is 8.20. The van der Waals surface area contributed by atoms with Gasteiger partial charge in [0.1, 0.15) is 6.29 Å². The average Bonchev–Trinajstić information content (AvgIpc) is 1.81. The van der Waals surface area contributed by atoms with Crippen molar-refractivity contribution in [1.29, 1.82) is 0 Å². The van der Waals surface area contributed by atoms with Crippen LogP contribution in [0.25, 0.3) is 0 Å². The van der Waals surface area contributed by atoms with Crippen molar-refractivity contribution < 1.29 is 24.5 Å². The average molecular weight is 169 g/mol. The molecule has 0 aromatic carbocycles. The van der Waals surface area contributed by atoms with Crippen molar-refractivity contribution in [2.45, 2.75) is 6.92 Å². The van der Waals surface area contributed by atoms with Gasteiger partial charge in [-0.05, 0) is 0 Å². The Bertz CT molecular complexity index is 172. The third-order valence-corrected chi connectivity index (χ3v) is 1.12. The molecule has 0 unspecified atom stereocenters. The second kappa shape index (κ2) is 3.68. The predicted molar refractivity (Wildman–Crippen MR) is 33.7 cm³/mol. The summed E-state index contributed by atoms with van der Waals surface area (Å²) in [5.74, 6) is -0.177. The van der Waals surface area contributed by atoms with Crippen LogP contribution in [0.15, 0.2) is 4.99 Å². The van der Waals surface area contributed by atoms with E-state index in [2.05, 4.69) is 9.88 Å². The largest absolute Gasteiger partial charge is 0.346 e. The van der Waals surface area contributed by atoms with Gasteiger partial charge in [0.15, 0.2) is 0 Å². The van der Waals surface area contributed by atoms with Gasteiger partial charge in [0, 0.05) is 6.92 Å². The van der Waals surface area contributed by atoms with E-state index in [1.807, 2.05) is 0 Å². The Labute approximate surface area is 57.3 Å². The SMILES string of the molecule is CC(=NCP(=O)(O)O)OO. The maximum absolute atomic E-state index is 10.1. The molecule has 6 nitrogen and oxygen atoms in total. The number of aliphatic imine (C=N–C) groups is 1. The molecule has 0 bridgehead atoms. The van der Waals surface area contributed by atoms with Gasteiger partial charge in [-0.1, -0.05) is 0 Å². The summed E-state index contributed by atoms with van der Waals surface area (Å²) >= 11 is 0. The van der Waals surface area contributed by atoms with Crippen molar-refractivity contribution in [3.63, 3.8) is 0 Å². The van der Waals surface area contributed by atoms with Gasteiger partial charge >= 0.3 is 7.60 Å². The minimum Gasteiger partial charge on any atom is -0.325 e. The van der Waals surface area contributed by atoms with E-state index < -0.39 is 13.9 Å². The van der Waals surface area contributed by atoms with Gasteiger partial charge in [-0.15, -0.1) is 0 Å². The summed E-state index contributed by atoms with van der Waals surface area (Å²) < 4.78 is 10.1.